The van der Waals surface area contributed by atoms with E-state index in [2.05, 4.69) is 10.2 Å². The van der Waals surface area contributed by atoms with Gasteiger partial charge in [0.15, 0.2) is 0 Å². The lowest BCUT2D eigenvalue weighted by molar-refractivity contribution is -0.273. The average Bonchev–Trinajstić information content (AvgIpc) is 3.24. The largest absolute Gasteiger partial charge is 0.463 e. The predicted molar refractivity (Wildman–Crippen MR) is 81.3 cm³/mol. The van der Waals surface area contributed by atoms with Gasteiger partial charge in [-0.15, -0.1) is 0 Å². The second-order valence-electron chi connectivity index (χ2n) is 6.49. The van der Waals surface area contributed by atoms with Gasteiger partial charge in [0.05, 0.1) is 6.42 Å². The fourth-order valence-corrected chi connectivity index (χ4v) is 2.53. The minimum absolute atomic E-state index is 0.00582. The van der Waals surface area contributed by atoms with Crippen molar-refractivity contribution < 1.29 is 27.5 Å². The van der Waals surface area contributed by atoms with E-state index in [1.54, 1.807) is 0 Å². The number of nitrogens with one attached hydrogen (secondary N) is 1. The summed E-state index contributed by atoms with van der Waals surface area (Å²) in [5, 5.41) is 12.6. The summed E-state index contributed by atoms with van der Waals surface area (Å²) in [5.74, 6) is -1.32. The van der Waals surface area contributed by atoms with Crippen LogP contribution in [-0.4, -0.2) is 47.8 Å². The number of hydrogen-bond acceptors (Lipinski definition) is 4. The fourth-order valence-electron chi connectivity index (χ4n) is 2.53. The van der Waals surface area contributed by atoms with E-state index in [1.807, 2.05) is 14.0 Å². The molecule has 1 aliphatic carbocycles. The molecule has 1 aromatic heterocycles. The van der Waals surface area contributed by atoms with Crippen LogP contribution in [0.25, 0.3) is 0 Å². The van der Waals surface area contributed by atoms with Gasteiger partial charge in [0.2, 0.25) is 11.5 Å². The van der Waals surface area contributed by atoms with Crippen LogP contribution in [0.1, 0.15) is 37.7 Å². The molecule has 1 aliphatic rings. The summed E-state index contributed by atoms with van der Waals surface area (Å²) < 4.78 is 44.8. The first-order valence-electron chi connectivity index (χ1n) is 7.89. The lowest BCUT2D eigenvalue weighted by atomic mass is 9.95. The van der Waals surface area contributed by atoms with E-state index in [0.29, 0.717) is 6.04 Å². The maximum atomic E-state index is 13.3. The van der Waals surface area contributed by atoms with Crippen molar-refractivity contribution >= 4 is 5.91 Å². The maximum Gasteiger partial charge on any atom is 0.425 e. The molecular weight excluding hydrogens is 325 g/mol. The zero-order chi connectivity index (χ0) is 18.1. The molecule has 136 valence electrons. The molecule has 0 spiro atoms. The van der Waals surface area contributed by atoms with Crippen molar-refractivity contribution in [1.29, 1.82) is 0 Å². The van der Waals surface area contributed by atoms with Crippen molar-refractivity contribution in [2.45, 2.75) is 57.0 Å². The summed E-state index contributed by atoms with van der Waals surface area (Å²) in [6.07, 6.45) is -3.96. The summed E-state index contributed by atoms with van der Waals surface area (Å²) in [5.41, 5.74) is -3.34. The van der Waals surface area contributed by atoms with Gasteiger partial charge in [0, 0.05) is 18.6 Å². The van der Waals surface area contributed by atoms with Crippen LogP contribution in [0.15, 0.2) is 16.5 Å². The van der Waals surface area contributed by atoms with E-state index in [9.17, 15) is 23.1 Å². The molecule has 1 fully saturated rings. The van der Waals surface area contributed by atoms with Crippen LogP contribution in [-0.2, 0) is 10.4 Å². The number of hydrogen-bond donors (Lipinski definition) is 2. The Morgan fingerprint density at radius 1 is 1.46 bits per heavy atom. The monoisotopic (exact) mass is 348 g/mol. The number of carbonyl (C=O) groups excluding carboxylic acids is 1. The van der Waals surface area contributed by atoms with Gasteiger partial charge in [0.25, 0.3) is 0 Å². The van der Waals surface area contributed by atoms with E-state index in [0.717, 1.165) is 18.9 Å². The number of aryl methyl sites for hydroxylation is 1. The number of halogens is 3. The van der Waals surface area contributed by atoms with E-state index in [4.69, 9.17) is 4.42 Å². The van der Waals surface area contributed by atoms with Crippen molar-refractivity contribution in [3.8, 4) is 0 Å². The van der Waals surface area contributed by atoms with Crippen molar-refractivity contribution in [2.24, 2.45) is 0 Å². The quantitative estimate of drug-likeness (QED) is 0.794. The van der Waals surface area contributed by atoms with Gasteiger partial charge in [-0.2, -0.15) is 13.2 Å². The highest BCUT2D eigenvalue weighted by Gasteiger charge is 2.58. The second-order valence-corrected chi connectivity index (χ2v) is 6.49. The zero-order valence-electron chi connectivity index (χ0n) is 14.0. The van der Waals surface area contributed by atoms with Gasteiger partial charge in [-0.1, -0.05) is 0 Å². The first-order chi connectivity index (χ1) is 11.0. The molecule has 0 radical (unpaired) electrons. The lowest BCUT2D eigenvalue weighted by Crippen LogP contribution is -2.48. The zero-order valence-corrected chi connectivity index (χ0v) is 14.0. The highest BCUT2D eigenvalue weighted by atomic mass is 19.4. The Balaban J connectivity index is 2.00. The molecule has 1 aromatic rings. The molecule has 1 saturated carbocycles. The van der Waals surface area contributed by atoms with Gasteiger partial charge < -0.3 is 14.8 Å². The molecule has 0 aromatic carbocycles. The van der Waals surface area contributed by atoms with Crippen LogP contribution in [0, 0.1) is 6.92 Å². The van der Waals surface area contributed by atoms with E-state index in [1.165, 1.54) is 13.0 Å². The third-order valence-corrected chi connectivity index (χ3v) is 4.45. The maximum absolute atomic E-state index is 13.3. The Morgan fingerprint density at radius 2 is 2.08 bits per heavy atom. The van der Waals surface area contributed by atoms with Crippen LogP contribution in [0.3, 0.4) is 0 Å². The molecule has 0 bridgehead atoms. The number of nitrogens with zero attached hydrogens (tertiary/aromatic N) is 1. The Kier molecular flexibility index (Phi) is 5.29. The molecule has 24 heavy (non-hydrogen) atoms. The highest BCUT2D eigenvalue weighted by molar-refractivity contribution is 5.77. The molecule has 2 unspecified atom stereocenters. The minimum atomic E-state index is -5.02. The van der Waals surface area contributed by atoms with Crippen LogP contribution in [0.5, 0.6) is 0 Å². The van der Waals surface area contributed by atoms with E-state index < -0.39 is 29.9 Å². The molecule has 2 atom stereocenters. The van der Waals surface area contributed by atoms with Gasteiger partial charge in [-0.25, -0.2) is 0 Å². The SMILES string of the molecule is Cc1ccc(C(O)(CC(=O)NCC(C)N(C)C2CC2)C(F)(F)F)o1. The van der Waals surface area contributed by atoms with Crippen molar-refractivity contribution in [1.82, 2.24) is 10.2 Å². The predicted octanol–water partition coefficient (Wildman–Crippen LogP) is 2.33. The number of likely N-dealkylation sites (N-methyl/N-ethyl adjacent to an activating group) is 1. The van der Waals surface area contributed by atoms with Gasteiger partial charge in [-0.3, -0.25) is 9.69 Å². The number of alkyl halides is 3. The number of aliphatic hydroxyl groups is 1. The third kappa shape index (κ3) is 4.10. The number of rotatable bonds is 7. The highest BCUT2D eigenvalue weighted by Crippen LogP contribution is 2.42. The van der Waals surface area contributed by atoms with Gasteiger partial charge in [0.1, 0.15) is 11.5 Å². The fraction of sp³-hybridized carbons (Fsp3) is 0.688. The Labute approximate surface area is 138 Å². The van der Waals surface area contributed by atoms with Crippen LogP contribution in [0.4, 0.5) is 13.2 Å². The van der Waals surface area contributed by atoms with E-state index >= 15 is 0 Å². The standard InChI is InChI=1S/C16H23F3N2O3/c1-10(21(3)12-5-6-12)9-20-14(22)8-15(23,16(17,18)19)13-7-4-11(2)24-13/h4,7,10,12,23H,5-6,8-9H2,1-3H3,(H,20,22). The van der Waals surface area contributed by atoms with Gasteiger partial charge in [-0.05, 0) is 45.9 Å². The average molecular weight is 348 g/mol. The van der Waals surface area contributed by atoms with Gasteiger partial charge >= 0.3 is 6.18 Å². The minimum Gasteiger partial charge on any atom is -0.463 e. The Morgan fingerprint density at radius 3 is 2.54 bits per heavy atom. The number of carbonyl (C=O) groups is 1. The summed E-state index contributed by atoms with van der Waals surface area (Å²) in [4.78, 5) is 14.1. The van der Waals surface area contributed by atoms with Crippen LogP contribution >= 0.6 is 0 Å². The molecule has 2 rings (SSSR count). The number of amides is 1. The first-order valence-corrected chi connectivity index (χ1v) is 7.89. The van der Waals surface area contributed by atoms with Crippen molar-refractivity contribution in [3.05, 3.63) is 23.7 Å². The third-order valence-electron chi connectivity index (χ3n) is 4.45. The topological polar surface area (TPSA) is 65.7 Å². The summed E-state index contributed by atoms with van der Waals surface area (Å²) in [7, 11) is 1.92. The second kappa shape index (κ2) is 6.76. The summed E-state index contributed by atoms with van der Waals surface area (Å²) in [6, 6.07) is 2.84. The van der Waals surface area contributed by atoms with Crippen molar-refractivity contribution in [2.75, 3.05) is 13.6 Å². The molecule has 5 nitrogen and oxygen atoms in total. The Bertz CT molecular complexity index is 583. The smallest absolute Gasteiger partial charge is 0.425 e. The van der Waals surface area contributed by atoms with Crippen LogP contribution < -0.4 is 5.32 Å². The molecule has 1 heterocycles. The molecule has 0 aliphatic heterocycles. The molecule has 8 heteroatoms. The Hall–Kier alpha value is -1.54. The summed E-state index contributed by atoms with van der Waals surface area (Å²) in [6.45, 7) is 3.58. The summed E-state index contributed by atoms with van der Waals surface area (Å²) >= 11 is 0. The lowest BCUT2D eigenvalue weighted by Gasteiger charge is -2.29. The van der Waals surface area contributed by atoms with E-state index in [-0.39, 0.29) is 18.3 Å². The van der Waals surface area contributed by atoms with Crippen LogP contribution in [0.2, 0.25) is 0 Å². The van der Waals surface area contributed by atoms with Crippen molar-refractivity contribution in [3.63, 3.8) is 0 Å². The normalized spacial score (nSPS) is 19.2. The molecule has 1 amide bonds. The number of furan rings is 1. The molecule has 0 saturated heterocycles. The first kappa shape index (κ1) is 18.8. The molecule has 2 N–H and O–H groups in total. The molecular formula is C16H23F3N2O3.